The Morgan fingerprint density at radius 3 is 2.95 bits per heavy atom. The average molecular weight is 269 g/mol. The van der Waals surface area contributed by atoms with Crippen molar-refractivity contribution in [3.05, 3.63) is 52.8 Å². The molecule has 0 bridgehead atoms. The first kappa shape index (κ1) is 12.9. The number of carbonyl (C=O) groups excluding carboxylic acids is 1. The zero-order valence-electron chi connectivity index (χ0n) is 12.1. The number of benzene rings is 1. The van der Waals surface area contributed by atoms with E-state index in [0.717, 1.165) is 6.42 Å². The van der Waals surface area contributed by atoms with Gasteiger partial charge in [0.15, 0.2) is 0 Å². The van der Waals surface area contributed by atoms with Crippen LogP contribution < -0.4 is 5.32 Å². The van der Waals surface area contributed by atoms with Gasteiger partial charge in [-0.05, 0) is 30.4 Å². The van der Waals surface area contributed by atoms with Crippen molar-refractivity contribution < 1.29 is 4.79 Å². The molecule has 0 fully saturated rings. The van der Waals surface area contributed by atoms with Gasteiger partial charge in [-0.1, -0.05) is 30.7 Å². The third-order valence-electron chi connectivity index (χ3n) is 4.00. The summed E-state index contributed by atoms with van der Waals surface area (Å²) < 4.78 is 1.64. The molecule has 0 radical (unpaired) electrons. The summed E-state index contributed by atoms with van der Waals surface area (Å²) in [5.41, 5.74) is 4.45. The van der Waals surface area contributed by atoms with Crippen molar-refractivity contribution in [2.45, 2.75) is 26.3 Å². The van der Waals surface area contributed by atoms with Crippen LogP contribution in [0.4, 0.5) is 0 Å². The van der Waals surface area contributed by atoms with Crippen molar-refractivity contribution in [1.29, 1.82) is 0 Å². The second kappa shape index (κ2) is 4.78. The van der Waals surface area contributed by atoms with Crippen LogP contribution >= 0.6 is 0 Å². The van der Waals surface area contributed by atoms with Crippen molar-refractivity contribution in [2.75, 3.05) is 0 Å². The standard InChI is InChI=1S/C16H19N3O/c1-10-4-5-12-7-11(2)15(14(12)6-10)18-16(20)13-8-17-19(3)9-13/h4-6,8-9,11,15H,7H2,1-3H3,(H,18,20)/t11-,15+/m1/s1. The van der Waals surface area contributed by atoms with E-state index in [0.29, 0.717) is 11.5 Å². The van der Waals surface area contributed by atoms with Gasteiger partial charge in [0.1, 0.15) is 0 Å². The van der Waals surface area contributed by atoms with Crippen molar-refractivity contribution in [3.8, 4) is 0 Å². The fourth-order valence-electron chi connectivity index (χ4n) is 2.94. The first-order valence-electron chi connectivity index (χ1n) is 6.93. The van der Waals surface area contributed by atoms with Crippen molar-refractivity contribution in [2.24, 2.45) is 13.0 Å². The summed E-state index contributed by atoms with van der Waals surface area (Å²) in [4.78, 5) is 12.3. The van der Waals surface area contributed by atoms with Gasteiger partial charge in [-0.2, -0.15) is 5.10 Å². The molecule has 1 heterocycles. The highest BCUT2D eigenvalue weighted by Gasteiger charge is 2.30. The predicted octanol–water partition coefficient (Wildman–Crippen LogP) is 2.39. The Morgan fingerprint density at radius 1 is 1.45 bits per heavy atom. The van der Waals surface area contributed by atoms with E-state index in [4.69, 9.17) is 0 Å². The van der Waals surface area contributed by atoms with Crippen LogP contribution in [0.1, 0.15) is 40.0 Å². The van der Waals surface area contributed by atoms with Gasteiger partial charge in [0, 0.05) is 13.2 Å². The molecule has 104 valence electrons. The summed E-state index contributed by atoms with van der Waals surface area (Å²) in [5, 5.41) is 7.19. The normalized spacial score (nSPS) is 20.8. The molecule has 1 aliphatic rings. The quantitative estimate of drug-likeness (QED) is 0.910. The van der Waals surface area contributed by atoms with Gasteiger partial charge in [0.05, 0.1) is 17.8 Å². The van der Waals surface area contributed by atoms with Crippen molar-refractivity contribution >= 4 is 5.91 Å². The first-order chi connectivity index (χ1) is 9.54. The molecule has 1 aliphatic carbocycles. The topological polar surface area (TPSA) is 46.9 Å². The lowest BCUT2D eigenvalue weighted by atomic mass is 10.0. The summed E-state index contributed by atoms with van der Waals surface area (Å²) >= 11 is 0. The summed E-state index contributed by atoms with van der Waals surface area (Å²) in [6.45, 7) is 4.27. The number of aromatic nitrogens is 2. The van der Waals surface area contributed by atoms with Crippen LogP contribution in [0, 0.1) is 12.8 Å². The number of hydrogen-bond donors (Lipinski definition) is 1. The SMILES string of the molecule is Cc1ccc2c(c1)[C@@H](NC(=O)c1cnn(C)c1)[C@H](C)C2. The lowest BCUT2D eigenvalue weighted by Crippen LogP contribution is -2.30. The lowest BCUT2D eigenvalue weighted by molar-refractivity contribution is 0.0927. The highest BCUT2D eigenvalue weighted by Crippen LogP contribution is 2.36. The molecular formula is C16H19N3O. The average Bonchev–Trinajstić information content (AvgIpc) is 2.95. The van der Waals surface area contributed by atoms with Crippen molar-refractivity contribution in [3.63, 3.8) is 0 Å². The summed E-state index contributed by atoms with van der Waals surface area (Å²) in [7, 11) is 1.81. The van der Waals surface area contributed by atoms with Crippen LogP contribution in [0.2, 0.25) is 0 Å². The molecule has 0 aliphatic heterocycles. The molecule has 0 unspecified atom stereocenters. The molecule has 2 atom stereocenters. The number of aryl methyl sites for hydroxylation is 2. The Hall–Kier alpha value is -2.10. The van der Waals surface area contributed by atoms with Crippen LogP contribution in [0.25, 0.3) is 0 Å². The van der Waals surface area contributed by atoms with Gasteiger partial charge in [-0.15, -0.1) is 0 Å². The van der Waals surface area contributed by atoms with Crippen molar-refractivity contribution in [1.82, 2.24) is 15.1 Å². The number of amides is 1. The molecule has 3 rings (SSSR count). The molecule has 1 amide bonds. The number of hydrogen-bond acceptors (Lipinski definition) is 2. The summed E-state index contributed by atoms with van der Waals surface area (Å²) in [5.74, 6) is 0.372. The molecule has 0 spiro atoms. The fourth-order valence-corrected chi connectivity index (χ4v) is 2.94. The number of nitrogens with one attached hydrogen (secondary N) is 1. The maximum absolute atomic E-state index is 12.3. The number of rotatable bonds is 2. The zero-order valence-corrected chi connectivity index (χ0v) is 12.1. The minimum absolute atomic E-state index is 0.0516. The Balaban J connectivity index is 1.85. The molecule has 4 heteroatoms. The Kier molecular flexibility index (Phi) is 3.08. The third kappa shape index (κ3) is 2.22. The van der Waals surface area contributed by atoms with Gasteiger partial charge in [0.25, 0.3) is 5.91 Å². The Labute approximate surface area is 118 Å². The molecule has 2 aromatic rings. The molecular weight excluding hydrogens is 250 g/mol. The Morgan fingerprint density at radius 2 is 2.25 bits per heavy atom. The van der Waals surface area contributed by atoms with Crippen LogP contribution in [-0.4, -0.2) is 15.7 Å². The van der Waals surface area contributed by atoms with Crippen LogP contribution in [0.15, 0.2) is 30.6 Å². The smallest absolute Gasteiger partial charge is 0.254 e. The van der Waals surface area contributed by atoms with Gasteiger partial charge in [-0.3, -0.25) is 9.48 Å². The molecule has 1 N–H and O–H groups in total. The van der Waals surface area contributed by atoms with E-state index in [1.807, 2.05) is 7.05 Å². The van der Waals surface area contributed by atoms with E-state index in [2.05, 4.69) is 42.5 Å². The number of nitrogens with zero attached hydrogens (tertiary/aromatic N) is 2. The van der Waals surface area contributed by atoms with Crippen LogP contribution in [0.5, 0.6) is 0 Å². The summed E-state index contributed by atoms with van der Waals surface area (Å²) in [6.07, 6.45) is 4.37. The minimum Gasteiger partial charge on any atom is -0.345 e. The van der Waals surface area contributed by atoms with E-state index in [-0.39, 0.29) is 11.9 Å². The van der Waals surface area contributed by atoms with E-state index < -0.39 is 0 Å². The van der Waals surface area contributed by atoms with Gasteiger partial charge in [-0.25, -0.2) is 0 Å². The maximum atomic E-state index is 12.3. The fraction of sp³-hybridized carbons (Fsp3) is 0.375. The third-order valence-corrected chi connectivity index (χ3v) is 4.00. The van der Waals surface area contributed by atoms with Crippen LogP contribution in [0.3, 0.4) is 0 Å². The van der Waals surface area contributed by atoms with Gasteiger partial charge < -0.3 is 5.32 Å². The van der Waals surface area contributed by atoms with E-state index in [1.165, 1.54) is 16.7 Å². The van der Waals surface area contributed by atoms with Gasteiger partial charge in [0.2, 0.25) is 0 Å². The Bertz CT molecular complexity index is 659. The number of carbonyl (C=O) groups is 1. The van der Waals surface area contributed by atoms with E-state index in [1.54, 1.807) is 17.1 Å². The monoisotopic (exact) mass is 269 g/mol. The van der Waals surface area contributed by atoms with Crippen LogP contribution in [-0.2, 0) is 13.5 Å². The molecule has 1 aromatic heterocycles. The summed E-state index contributed by atoms with van der Waals surface area (Å²) in [6, 6.07) is 6.60. The molecule has 1 aromatic carbocycles. The zero-order chi connectivity index (χ0) is 14.3. The highest BCUT2D eigenvalue weighted by molar-refractivity contribution is 5.94. The highest BCUT2D eigenvalue weighted by atomic mass is 16.1. The maximum Gasteiger partial charge on any atom is 0.254 e. The molecule has 4 nitrogen and oxygen atoms in total. The molecule has 0 saturated carbocycles. The first-order valence-corrected chi connectivity index (χ1v) is 6.93. The predicted molar refractivity (Wildman–Crippen MR) is 77.5 cm³/mol. The lowest BCUT2D eigenvalue weighted by Gasteiger charge is -2.18. The van der Waals surface area contributed by atoms with E-state index in [9.17, 15) is 4.79 Å². The second-order valence-electron chi connectivity index (χ2n) is 5.74. The molecule has 20 heavy (non-hydrogen) atoms. The number of fused-ring (bicyclic) bond motifs is 1. The largest absolute Gasteiger partial charge is 0.345 e. The van der Waals surface area contributed by atoms with Gasteiger partial charge >= 0.3 is 0 Å². The second-order valence-corrected chi connectivity index (χ2v) is 5.74. The molecule has 0 saturated heterocycles. The van der Waals surface area contributed by atoms with E-state index >= 15 is 0 Å². The minimum atomic E-state index is -0.0516.